The fraction of sp³-hybridized carbons (Fsp3) is 0.500. The summed E-state index contributed by atoms with van der Waals surface area (Å²) in [4.78, 5) is 0.390. The quantitative estimate of drug-likeness (QED) is 0.788. The van der Waals surface area contributed by atoms with Crippen molar-refractivity contribution < 1.29 is 13.2 Å². The summed E-state index contributed by atoms with van der Waals surface area (Å²) in [5.41, 5.74) is 0. The smallest absolute Gasteiger partial charge is 0.243 e. The number of rotatable bonds is 2. The second kappa shape index (κ2) is 4.08. The van der Waals surface area contributed by atoms with Crippen LogP contribution >= 0.6 is 0 Å². The largest absolute Gasteiger partial charge is 0.381 e. The monoisotopic (exact) mass is 253 g/mol. The Morgan fingerprint density at radius 1 is 1.06 bits per heavy atom. The SMILES string of the molecule is O=S(=O)(c1ccccc1)N1CC2COCC2C1. The lowest BCUT2D eigenvalue weighted by Gasteiger charge is -2.17. The van der Waals surface area contributed by atoms with E-state index >= 15 is 0 Å². The van der Waals surface area contributed by atoms with Crippen molar-refractivity contribution in [1.29, 1.82) is 0 Å². The van der Waals surface area contributed by atoms with Crippen LogP contribution in [0.5, 0.6) is 0 Å². The minimum atomic E-state index is -3.30. The van der Waals surface area contributed by atoms with Crippen molar-refractivity contribution in [3.8, 4) is 0 Å². The number of nitrogens with zero attached hydrogens (tertiary/aromatic N) is 1. The maximum Gasteiger partial charge on any atom is 0.243 e. The maximum atomic E-state index is 12.4. The molecule has 2 heterocycles. The molecule has 0 amide bonds. The first-order valence-electron chi connectivity index (χ1n) is 5.81. The van der Waals surface area contributed by atoms with Gasteiger partial charge < -0.3 is 4.74 Å². The van der Waals surface area contributed by atoms with Crippen molar-refractivity contribution in [2.24, 2.45) is 11.8 Å². The third-order valence-corrected chi connectivity index (χ3v) is 5.43. The van der Waals surface area contributed by atoms with Gasteiger partial charge in [-0.1, -0.05) is 18.2 Å². The van der Waals surface area contributed by atoms with Crippen molar-refractivity contribution in [2.45, 2.75) is 4.90 Å². The number of fused-ring (bicyclic) bond motifs is 1. The molecule has 0 bridgehead atoms. The van der Waals surface area contributed by atoms with Gasteiger partial charge in [-0.05, 0) is 12.1 Å². The van der Waals surface area contributed by atoms with Gasteiger partial charge in [0.1, 0.15) is 0 Å². The molecule has 17 heavy (non-hydrogen) atoms. The van der Waals surface area contributed by atoms with E-state index in [2.05, 4.69) is 0 Å². The second-order valence-corrected chi connectivity index (χ2v) is 6.63. The van der Waals surface area contributed by atoms with Gasteiger partial charge in [0.25, 0.3) is 0 Å². The Morgan fingerprint density at radius 3 is 2.24 bits per heavy atom. The third-order valence-electron chi connectivity index (χ3n) is 3.59. The van der Waals surface area contributed by atoms with E-state index in [1.807, 2.05) is 6.07 Å². The average Bonchev–Trinajstić information content (AvgIpc) is 2.90. The first-order valence-corrected chi connectivity index (χ1v) is 7.25. The summed E-state index contributed by atoms with van der Waals surface area (Å²) in [5, 5.41) is 0. The van der Waals surface area contributed by atoms with Gasteiger partial charge in [0.2, 0.25) is 10.0 Å². The lowest BCUT2D eigenvalue weighted by Crippen LogP contribution is -2.30. The molecule has 2 atom stereocenters. The average molecular weight is 253 g/mol. The molecule has 0 saturated carbocycles. The van der Waals surface area contributed by atoms with Gasteiger partial charge in [0, 0.05) is 24.9 Å². The molecule has 2 saturated heterocycles. The summed E-state index contributed by atoms with van der Waals surface area (Å²) < 4.78 is 31.7. The molecule has 92 valence electrons. The van der Waals surface area contributed by atoms with Gasteiger partial charge in [0.15, 0.2) is 0 Å². The van der Waals surface area contributed by atoms with Gasteiger partial charge in [-0.25, -0.2) is 8.42 Å². The Kier molecular flexibility index (Phi) is 2.69. The Labute approximate surface area is 101 Å². The maximum absolute atomic E-state index is 12.4. The fourth-order valence-electron chi connectivity index (χ4n) is 2.58. The van der Waals surface area contributed by atoms with E-state index in [1.165, 1.54) is 0 Å². The van der Waals surface area contributed by atoms with E-state index in [-0.39, 0.29) is 0 Å². The van der Waals surface area contributed by atoms with Crippen molar-refractivity contribution in [3.05, 3.63) is 30.3 Å². The van der Waals surface area contributed by atoms with Crippen LogP contribution in [0.2, 0.25) is 0 Å². The van der Waals surface area contributed by atoms with E-state index < -0.39 is 10.0 Å². The standard InChI is InChI=1S/C12H15NO3S/c14-17(15,12-4-2-1-3-5-12)13-6-10-8-16-9-11(10)7-13/h1-5,10-11H,6-9H2. The molecule has 0 spiro atoms. The van der Waals surface area contributed by atoms with Gasteiger partial charge in [-0.3, -0.25) is 0 Å². The van der Waals surface area contributed by atoms with E-state index in [0.717, 1.165) is 0 Å². The molecule has 1 aromatic rings. The molecule has 2 aliphatic heterocycles. The molecule has 2 fully saturated rings. The second-order valence-electron chi connectivity index (χ2n) is 4.69. The highest BCUT2D eigenvalue weighted by atomic mass is 32.2. The predicted molar refractivity (Wildman–Crippen MR) is 63.0 cm³/mol. The molecule has 3 rings (SSSR count). The molecule has 0 aromatic heterocycles. The third kappa shape index (κ3) is 1.88. The highest BCUT2D eigenvalue weighted by Crippen LogP contribution is 2.32. The number of ether oxygens (including phenoxy) is 1. The molecule has 0 aliphatic carbocycles. The topological polar surface area (TPSA) is 46.6 Å². The van der Waals surface area contributed by atoms with Crippen molar-refractivity contribution in [1.82, 2.24) is 4.31 Å². The van der Waals surface area contributed by atoms with E-state index in [4.69, 9.17) is 4.74 Å². The summed E-state index contributed by atoms with van der Waals surface area (Å²) in [6, 6.07) is 8.64. The Hall–Kier alpha value is -0.910. The Bertz CT molecular complexity index is 488. The molecule has 1 aromatic carbocycles. The summed E-state index contributed by atoms with van der Waals surface area (Å²) in [5.74, 6) is 0.766. The van der Waals surface area contributed by atoms with Crippen LogP contribution < -0.4 is 0 Å². The highest BCUT2D eigenvalue weighted by molar-refractivity contribution is 7.89. The molecule has 2 unspecified atom stereocenters. The number of benzene rings is 1. The minimum absolute atomic E-state index is 0.383. The van der Waals surface area contributed by atoms with Crippen LogP contribution in [0.4, 0.5) is 0 Å². The molecule has 2 aliphatic rings. The zero-order valence-electron chi connectivity index (χ0n) is 9.45. The van der Waals surface area contributed by atoms with Crippen LogP contribution in [0.15, 0.2) is 35.2 Å². The molecule has 0 radical (unpaired) electrons. The van der Waals surface area contributed by atoms with Crippen LogP contribution in [0, 0.1) is 11.8 Å². The normalized spacial score (nSPS) is 29.4. The summed E-state index contributed by atoms with van der Waals surface area (Å²) in [7, 11) is -3.30. The molecule has 0 N–H and O–H groups in total. The number of hydrogen-bond donors (Lipinski definition) is 0. The van der Waals surface area contributed by atoms with Crippen LogP contribution in [-0.2, 0) is 14.8 Å². The van der Waals surface area contributed by atoms with Gasteiger partial charge >= 0.3 is 0 Å². The lowest BCUT2D eigenvalue weighted by molar-refractivity contribution is 0.168. The number of hydrogen-bond acceptors (Lipinski definition) is 3. The van der Waals surface area contributed by atoms with Crippen molar-refractivity contribution >= 4 is 10.0 Å². The van der Waals surface area contributed by atoms with Crippen LogP contribution in [-0.4, -0.2) is 39.0 Å². The van der Waals surface area contributed by atoms with Crippen LogP contribution in [0.25, 0.3) is 0 Å². The van der Waals surface area contributed by atoms with Crippen LogP contribution in [0.1, 0.15) is 0 Å². The Balaban J connectivity index is 1.86. The summed E-state index contributed by atoms with van der Waals surface area (Å²) in [6.07, 6.45) is 0. The fourth-order valence-corrected chi connectivity index (χ4v) is 4.16. The van der Waals surface area contributed by atoms with E-state index in [0.29, 0.717) is 43.0 Å². The van der Waals surface area contributed by atoms with Gasteiger partial charge in [-0.2, -0.15) is 4.31 Å². The molecule has 4 nitrogen and oxygen atoms in total. The lowest BCUT2D eigenvalue weighted by atomic mass is 10.0. The summed E-state index contributed by atoms with van der Waals surface area (Å²) >= 11 is 0. The van der Waals surface area contributed by atoms with E-state index in [9.17, 15) is 8.42 Å². The summed E-state index contributed by atoms with van der Waals surface area (Å²) in [6.45, 7) is 2.60. The first-order chi connectivity index (χ1) is 8.18. The minimum Gasteiger partial charge on any atom is -0.381 e. The molecule has 5 heteroatoms. The highest BCUT2D eigenvalue weighted by Gasteiger charge is 2.42. The predicted octanol–water partition coefficient (Wildman–Crippen LogP) is 0.954. The molecular weight excluding hydrogens is 238 g/mol. The van der Waals surface area contributed by atoms with Crippen molar-refractivity contribution in [2.75, 3.05) is 26.3 Å². The van der Waals surface area contributed by atoms with Gasteiger partial charge in [-0.15, -0.1) is 0 Å². The first kappa shape index (κ1) is 11.2. The Morgan fingerprint density at radius 2 is 1.65 bits per heavy atom. The van der Waals surface area contributed by atoms with E-state index in [1.54, 1.807) is 28.6 Å². The van der Waals surface area contributed by atoms with Crippen LogP contribution in [0.3, 0.4) is 0 Å². The zero-order chi connectivity index (χ0) is 11.9. The number of sulfonamides is 1. The van der Waals surface area contributed by atoms with Gasteiger partial charge in [0.05, 0.1) is 18.1 Å². The molecular formula is C12H15NO3S. The van der Waals surface area contributed by atoms with Crippen molar-refractivity contribution in [3.63, 3.8) is 0 Å². The zero-order valence-corrected chi connectivity index (χ0v) is 10.3.